The van der Waals surface area contributed by atoms with Gasteiger partial charge in [0.05, 0.1) is 5.69 Å². The molecule has 0 radical (unpaired) electrons. The number of fused-ring (bicyclic) bond motifs is 3. The monoisotopic (exact) mass is 311 g/mol. The SMILES string of the molecule is C=Cc1ccc2c(c1C)C(C)(C)c1cc(-c3ccccn3)ccc1-2. The maximum Gasteiger partial charge on any atom is 0.0702 e. The van der Waals surface area contributed by atoms with E-state index < -0.39 is 0 Å². The predicted octanol–water partition coefficient (Wildman–Crippen LogP) is 6.01. The first-order valence-corrected chi connectivity index (χ1v) is 8.37. The van der Waals surface area contributed by atoms with Crippen LogP contribution in [-0.4, -0.2) is 4.98 Å². The molecule has 0 N–H and O–H groups in total. The third kappa shape index (κ3) is 1.98. The average molecular weight is 311 g/mol. The van der Waals surface area contributed by atoms with Crippen molar-refractivity contribution in [3.8, 4) is 22.4 Å². The Morgan fingerprint density at radius 3 is 2.50 bits per heavy atom. The van der Waals surface area contributed by atoms with E-state index >= 15 is 0 Å². The summed E-state index contributed by atoms with van der Waals surface area (Å²) in [5, 5.41) is 0. The van der Waals surface area contributed by atoms with Gasteiger partial charge in [-0.1, -0.05) is 56.8 Å². The molecule has 1 nitrogen and oxygen atoms in total. The van der Waals surface area contributed by atoms with Crippen LogP contribution in [0.25, 0.3) is 28.5 Å². The second-order valence-corrected chi connectivity index (χ2v) is 7.01. The van der Waals surface area contributed by atoms with Gasteiger partial charge >= 0.3 is 0 Å². The number of nitrogens with zero attached hydrogens (tertiary/aromatic N) is 1. The van der Waals surface area contributed by atoms with Crippen molar-refractivity contribution >= 4 is 6.08 Å². The number of pyridine rings is 1. The number of rotatable bonds is 2. The molecule has 0 fully saturated rings. The minimum atomic E-state index is -0.0153. The fourth-order valence-electron chi connectivity index (χ4n) is 4.10. The van der Waals surface area contributed by atoms with E-state index in [1.807, 2.05) is 24.4 Å². The quantitative estimate of drug-likeness (QED) is 0.565. The minimum Gasteiger partial charge on any atom is -0.256 e. The third-order valence-electron chi connectivity index (χ3n) is 5.30. The van der Waals surface area contributed by atoms with E-state index in [2.05, 4.69) is 68.7 Å². The van der Waals surface area contributed by atoms with Crippen LogP contribution in [0.5, 0.6) is 0 Å². The minimum absolute atomic E-state index is 0.0153. The second kappa shape index (κ2) is 5.17. The van der Waals surface area contributed by atoms with Gasteiger partial charge in [0, 0.05) is 17.2 Å². The number of hydrogen-bond donors (Lipinski definition) is 0. The number of aromatic nitrogens is 1. The van der Waals surface area contributed by atoms with Crippen molar-refractivity contribution in [3.05, 3.63) is 83.6 Å². The van der Waals surface area contributed by atoms with Crippen molar-refractivity contribution in [1.29, 1.82) is 0 Å². The second-order valence-electron chi connectivity index (χ2n) is 7.01. The lowest BCUT2D eigenvalue weighted by Crippen LogP contribution is -2.17. The summed E-state index contributed by atoms with van der Waals surface area (Å²) < 4.78 is 0. The molecular weight excluding hydrogens is 290 g/mol. The number of hydrogen-bond acceptors (Lipinski definition) is 1. The van der Waals surface area contributed by atoms with Crippen LogP contribution < -0.4 is 0 Å². The average Bonchev–Trinajstić information content (AvgIpc) is 2.84. The van der Waals surface area contributed by atoms with E-state index in [1.54, 1.807) is 0 Å². The van der Waals surface area contributed by atoms with Gasteiger partial charge in [0.1, 0.15) is 0 Å². The fourth-order valence-corrected chi connectivity index (χ4v) is 4.10. The molecular formula is C23H21N. The molecule has 0 saturated heterocycles. The Kier molecular flexibility index (Phi) is 3.21. The van der Waals surface area contributed by atoms with Gasteiger partial charge in [-0.25, -0.2) is 0 Å². The van der Waals surface area contributed by atoms with Gasteiger partial charge in [0.25, 0.3) is 0 Å². The van der Waals surface area contributed by atoms with Gasteiger partial charge in [0.2, 0.25) is 0 Å². The molecule has 0 atom stereocenters. The highest BCUT2D eigenvalue weighted by molar-refractivity contribution is 5.85. The van der Waals surface area contributed by atoms with Crippen LogP contribution in [0.3, 0.4) is 0 Å². The summed E-state index contributed by atoms with van der Waals surface area (Å²) in [5.74, 6) is 0. The molecule has 3 aromatic rings. The summed E-state index contributed by atoms with van der Waals surface area (Å²) >= 11 is 0. The summed E-state index contributed by atoms with van der Waals surface area (Å²) in [6.07, 6.45) is 3.80. The summed E-state index contributed by atoms with van der Waals surface area (Å²) in [7, 11) is 0. The molecule has 0 unspecified atom stereocenters. The van der Waals surface area contributed by atoms with Crippen LogP contribution in [0.2, 0.25) is 0 Å². The van der Waals surface area contributed by atoms with E-state index in [4.69, 9.17) is 0 Å². The van der Waals surface area contributed by atoms with Gasteiger partial charge in [-0.05, 0) is 58.5 Å². The van der Waals surface area contributed by atoms with Gasteiger partial charge < -0.3 is 0 Å². The maximum atomic E-state index is 4.50. The standard InChI is InChI=1S/C23H21N/c1-5-16-9-12-19-18-11-10-17(21-8-6-7-13-24-21)14-20(18)23(3,4)22(19)15(16)2/h5-14H,1H2,2-4H3. The lowest BCUT2D eigenvalue weighted by Gasteiger charge is -2.24. The first-order valence-electron chi connectivity index (χ1n) is 8.37. The van der Waals surface area contributed by atoms with Crippen molar-refractivity contribution in [1.82, 2.24) is 4.98 Å². The van der Waals surface area contributed by atoms with Gasteiger partial charge in [0.15, 0.2) is 0 Å². The van der Waals surface area contributed by atoms with Crippen LogP contribution in [0.4, 0.5) is 0 Å². The summed E-state index contributed by atoms with van der Waals surface area (Å²) in [4.78, 5) is 4.50. The van der Waals surface area contributed by atoms with Gasteiger partial charge in [-0.3, -0.25) is 4.98 Å². The molecule has 24 heavy (non-hydrogen) atoms. The molecule has 0 spiro atoms. The Balaban J connectivity index is 1.96. The van der Waals surface area contributed by atoms with Crippen molar-refractivity contribution in [2.45, 2.75) is 26.2 Å². The lowest BCUT2D eigenvalue weighted by molar-refractivity contribution is 0.655. The van der Waals surface area contributed by atoms with Crippen LogP contribution in [-0.2, 0) is 5.41 Å². The zero-order valence-corrected chi connectivity index (χ0v) is 14.4. The zero-order chi connectivity index (χ0) is 16.9. The van der Waals surface area contributed by atoms with Crippen molar-refractivity contribution in [2.24, 2.45) is 0 Å². The van der Waals surface area contributed by atoms with E-state index in [1.165, 1.54) is 38.9 Å². The molecule has 0 bridgehead atoms. The van der Waals surface area contributed by atoms with E-state index in [9.17, 15) is 0 Å². The Morgan fingerprint density at radius 1 is 1.00 bits per heavy atom. The topological polar surface area (TPSA) is 12.9 Å². The molecule has 0 aliphatic heterocycles. The largest absolute Gasteiger partial charge is 0.256 e. The summed E-state index contributed by atoms with van der Waals surface area (Å²) in [5.41, 5.74) is 10.2. The molecule has 1 aliphatic carbocycles. The molecule has 0 saturated carbocycles. The fraction of sp³-hybridized carbons (Fsp3) is 0.174. The van der Waals surface area contributed by atoms with Crippen molar-refractivity contribution in [2.75, 3.05) is 0 Å². The molecule has 4 rings (SSSR count). The van der Waals surface area contributed by atoms with Crippen LogP contribution in [0, 0.1) is 6.92 Å². The van der Waals surface area contributed by atoms with Crippen molar-refractivity contribution < 1.29 is 0 Å². The normalized spacial score (nSPS) is 14.1. The Hall–Kier alpha value is -2.67. The zero-order valence-electron chi connectivity index (χ0n) is 14.4. The van der Waals surface area contributed by atoms with E-state index in [0.717, 1.165) is 5.69 Å². The summed E-state index contributed by atoms with van der Waals surface area (Å²) in [6.45, 7) is 10.8. The highest BCUT2D eigenvalue weighted by atomic mass is 14.7. The molecule has 1 aliphatic rings. The highest BCUT2D eigenvalue weighted by Crippen LogP contribution is 2.51. The molecule has 0 amide bonds. The van der Waals surface area contributed by atoms with E-state index in [0.29, 0.717) is 0 Å². The van der Waals surface area contributed by atoms with Crippen LogP contribution >= 0.6 is 0 Å². The highest BCUT2D eigenvalue weighted by Gasteiger charge is 2.37. The third-order valence-corrected chi connectivity index (χ3v) is 5.30. The first-order chi connectivity index (χ1) is 11.5. The molecule has 1 aromatic heterocycles. The Labute approximate surface area is 143 Å². The molecule has 1 heteroatoms. The number of benzene rings is 2. The maximum absolute atomic E-state index is 4.50. The predicted molar refractivity (Wildman–Crippen MR) is 102 cm³/mol. The molecule has 1 heterocycles. The van der Waals surface area contributed by atoms with Crippen LogP contribution in [0.1, 0.15) is 36.1 Å². The Bertz CT molecular complexity index is 949. The summed E-state index contributed by atoms with van der Waals surface area (Å²) in [6, 6.07) is 17.2. The first kappa shape index (κ1) is 14.9. The lowest BCUT2D eigenvalue weighted by atomic mass is 9.79. The molecule has 118 valence electrons. The van der Waals surface area contributed by atoms with Gasteiger partial charge in [-0.15, -0.1) is 0 Å². The van der Waals surface area contributed by atoms with Crippen molar-refractivity contribution in [3.63, 3.8) is 0 Å². The van der Waals surface area contributed by atoms with E-state index in [-0.39, 0.29) is 5.41 Å². The Morgan fingerprint density at radius 2 is 1.79 bits per heavy atom. The molecule has 2 aromatic carbocycles. The smallest absolute Gasteiger partial charge is 0.0702 e. The van der Waals surface area contributed by atoms with Crippen LogP contribution in [0.15, 0.2) is 61.3 Å². The van der Waals surface area contributed by atoms with Gasteiger partial charge in [-0.2, -0.15) is 0 Å².